The maximum atomic E-state index is 12.1. The van der Waals surface area contributed by atoms with Crippen LogP contribution in [0.4, 0.5) is 0 Å². The van der Waals surface area contributed by atoms with Crippen molar-refractivity contribution in [2.45, 2.75) is 43.8 Å². The lowest BCUT2D eigenvalue weighted by Gasteiger charge is -2.21. The van der Waals surface area contributed by atoms with E-state index >= 15 is 0 Å². The van der Waals surface area contributed by atoms with Gasteiger partial charge in [-0.05, 0) is 45.2 Å². The Morgan fingerprint density at radius 2 is 1.96 bits per heavy atom. The van der Waals surface area contributed by atoms with Crippen LogP contribution in [0.5, 0.6) is 0 Å². The second-order valence-electron chi connectivity index (χ2n) is 7.27. The van der Waals surface area contributed by atoms with Crippen LogP contribution in [0.2, 0.25) is 0 Å². The summed E-state index contributed by atoms with van der Waals surface area (Å²) in [5.74, 6) is 1.40. The highest BCUT2D eigenvalue weighted by Gasteiger charge is 2.45. The molecule has 4 nitrogen and oxygen atoms in total. The third-order valence-electron chi connectivity index (χ3n) is 4.38. The van der Waals surface area contributed by atoms with Gasteiger partial charge in [-0.15, -0.1) is 0 Å². The summed E-state index contributed by atoms with van der Waals surface area (Å²) in [5, 5.41) is 6.70. The summed E-state index contributed by atoms with van der Waals surface area (Å²) >= 11 is 3.67. The standard InChI is InChI=1S/C18H28BrN3OS/c1-17(2,3)24(23)12-11-21-16(20-4)22-13-18(9-10-18)14-7-5-6-8-15(14)19/h5-8H,9-13H2,1-4H3,(H2,20,21,22). The van der Waals surface area contributed by atoms with E-state index in [0.29, 0.717) is 12.3 Å². The molecule has 0 spiro atoms. The Morgan fingerprint density at radius 1 is 1.29 bits per heavy atom. The monoisotopic (exact) mass is 413 g/mol. The van der Waals surface area contributed by atoms with Gasteiger partial charge < -0.3 is 10.6 Å². The fraction of sp³-hybridized carbons (Fsp3) is 0.611. The molecule has 24 heavy (non-hydrogen) atoms. The van der Waals surface area contributed by atoms with Crippen LogP contribution in [0.15, 0.2) is 33.7 Å². The first-order valence-corrected chi connectivity index (χ1v) is 10.5. The van der Waals surface area contributed by atoms with Crippen LogP contribution in [0.3, 0.4) is 0 Å². The first-order chi connectivity index (χ1) is 11.3. The molecule has 1 fully saturated rings. The van der Waals surface area contributed by atoms with Gasteiger partial charge in [0, 0.05) is 51.3 Å². The van der Waals surface area contributed by atoms with Crippen molar-refractivity contribution >= 4 is 32.7 Å². The molecule has 2 N–H and O–H groups in total. The highest BCUT2D eigenvalue weighted by atomic mass is 79.9. The lowest BCUT2D eigenvalue weighted by atomic mass is 9.96. The maximum absolute atomic E-state index is 12.1. The van der Waals surface area contributed by atoms with Gasteiger partial charge in [-0.1, -0.05) is 34.1 Å². The molecule has 0 amide bonds. The molecule has 0 aliphatic heterocycles. The first kappa shape index (κ1) is 19.4. The minimum absolute atomic E-state index is 0.170. The molecule has 1 unspecified atom stereocenters. The minimum atomic E-state index is -0.849. The second kappa shape index (κ2) is 8.00. The number of halogens is 1. The van der Waals surface area contributed by atoms with E-state index in [2.05, 4.69) is 49.8 Å². The molecule has 6 heteroatoms. The zero-order valence-corrected chi connectivity index (χ0v) is 17.4. The molecule has 0 aromatic heterocycles. The summed E-state index contributed by atoms with van der Waals surface area (Å²) in [6.45, 7) is 7.53. The molecule has 1 aromatic carbocycles. The van der Waals surface area contributed by atoms with Crippen molar-refractivity contribution in [3.63, 3.8) is 0 Å². The number of nitrogens with one attached hydrogen (secondary N) is 2. The van der Waals surface area contributed by atoms with Crippen LogP contribution >= 0.6 is 15.9 Å². The van der Waals surface area contributed by atoms with Gasteiger partial charge in [-0.25, -0.2) is 0 Å². The highest BCUT2D eigenvalue weighted by Crippen LogP contribution is 2.49. The Kier molecular flexibility index (Phi) is 6.48. The van der Waals surface area contributed by atoms with Gasteiger partial charge in [0.05, 0.1) is 0 Å². The Hall–Kier alpha value is -0.880. The van der Waals surface area contributed by atoms with Gasteiger partial charge in [0.15, 0.2) is 5.96 Å². The van der Waals surface area contributed by atoms with E-state index in [1.165, 1.54) is 22.9 Å². The highest BCUT2D eigenvalue weighted by molar-refractivity contribution is 9.10. The molecule has 0 radical (unpaired) electrons. The topological polar surface area (TPSA) is 53.5 Å². The van der Waals surface area contributed by atoms with E-state index in [0.717, 1.165) is 12.5 Å². The summed E-state index contributed by atoms with van der Waals surface area (Å²) < 4.78 is 13.1. The van der Waals surface area contributed by atoms with Crippen molar-refractivity contribution in [3.05, 3.63) is 34.3 Å². The molecule has 0 saturated heterocycles. The molecule has 1 aromatic rings. The Morgan fingerprint density at radius 3 is 2.50 bits per heavy atom. The van der Waals surface area contributed by atoms with Crippen LogP contribution in [-0.2, 0) is 16.2 Å². The summed E-state index contributed by atoms with van der Waals surface area (Å²) in [7, 11) is 0.923. The van der Waals surface area contributed by atoms with E-state index in [1.807, 2.05) is 26.8 Å². The third-order valence-corrected chi connectivity index (χ3v) is 7.01. The normalized spacial score (nSPS) is 18.1. The zero-order valence-electron chi connectivity index (χ0n) is 15.0. The third kappa shape index (κ3) is 5.06. The minimum Gasteiger partial charge on any atom is -0.356 e. The number of rotatable bonds is 6. The lowest BCUT2D eigenvalue weighted by Crippen LogP contribution is -2.43. The van der Waals surface area contributed by atoms with Gasteiger partial charge in [-0.2, -0.15) is 0 Å². The van der Waals surface area contributed by atoms with Crippen LogP contribution < -0.4 is 10.6 Å². The van der Waals surface area contributed by atoms with Crippen molar-refractivity contribution in [2.75, 3.05) is 25.9 Å². The first-order valence-electron chi connectivity index (χ1n) is 8.36. The van der Waals surface area contributed by atoms with Gasteiger partial charge in [0.25, 0.3) is 0 Å². The molecular weight excluding hydrogens is 386 g/mol. The smallest absolute Gasteiger partial charge is 0.191 e. The molecule has 1 aliphatic rings. The second-order valence-corrected chi connectivity index (χ2v) is 10.5. The van der Waals surface area contributed by atoms with E-state index in [-0.39, 0.29) is 10.2 Å². The van der Waals surface area contributed by atoms with Crippen LogP contribution in [0, 0.1) is 0 Å². The van der Waals surface area contributed by atoms with Crippen LogP contribution in [0.25, 0.3) is 0 Å². The summed E-state index contributed by atoms with van der Waals surface area (Å²) in [6.07, 6.45) is 2.38. The fourth-order valence-corrected chi connectivity index (χ4v) is 4.23. The Bertz CT molecular complexity index is 621. The lowest BCUT2D eigenvalue weighted by molar-refractivity contribution is 0.639. The molecule has 0 heterocycles. The summed E-state index contributed by atoms with van der Waals surface area (Å²) in [5.41, 5.74) is 1.56. The number of aliphatic imine (C=N–C) groups is 1. The van der Waals surface area contributed by atoms with Crippen molar-refractivity contribution in [3.8, 4) is 0 Å². The molecule has 1 aliphatic carbocycles. The van der Waals surface area contributed by atoms with Crippen molar-refractivity contribution in [2.24, 2.45) is 4.99 Å². The van der Waals surface area contributed by atoms with Crippen molar-refractivity contribution in [1.29, 1.82) is 0 Å². The maximum Gasteiger partial charge on any atom is 0.191 e. The van der Waals surface area contributed by atoms with Gasteiger partial charge in [0.2, 0.25) is 0 Å². The predicted molar refractivity (Wildman–Crippen MR) is 107 cm³/mol. The molecule has 0 bridgehead atoms. The van der Waals surface area contributed by atoms with E-state index in [4.69, 9.17) is 0 Å². The average molecular weight is 414 g/mol. The quantitative estimate of drug-likeness (QED) is 0.555. The van der Waals surface area contributed by atoms with Gasteiger partial charge in [0.1, 0.15) is 0 Å². The number of benzene rings is 1. The van der Waals surface area contributed by atoms with Crippen LogP contribution in [0.1, 0.15) is 39.2 Å². The largest absolute Gasteiger partial charge is 0.356 e. The zero-order chi connectivity index (χ0) is 17.8. The van der Waals surface area contributed by atoms with E-state index in [1.54, 1.807) is 7.05 Å². The molecule has 1 saturated carbocycles. The fourth-order valence-electron chi connectivity index (χ4n) is 2.63. The van der Waals surface area contributed by atoms with Crippen LogP contribution in [-0.4, -0.2) is 40.8 Å². The number of nitrogens with zero attached hydrogens (tertiary/aromatic N) is 1. The number of hydrogen-bond acceptors (Lipinski definition) is 2. The summed E-state index contributed by atoms with van der Waals surface area (Å²) in [6, 6.07) is 8.44. The number of hydrogen-bond donors (Lipinski definition) is 2. The van der Waals surface area contributed by atoms with E-state index < -0.39 is 10.8 Å². The SMILES string of the molecule is CN=C(NCCS(=O)C(C)(C)C)NCC1(c2ccccc2Br)CC1. The molecule has 2 rings (SSSR count). The molecule has 1 atom stereocenters. The Balaban J connectivity index is 1.84. The Labute approximate surface area is 156 Å². The summed E-state index contributed by atoms with van der Waals surface area (Å²) in [4.78, 5) is 4.28. The average Bonchev–Trinajstić information content (AvgIpc) is 3.31. The predicted octanol–water partition coefficient (Wildman–Crippen LogP) is 3.19. The van der Waals surface area contributed by atoms with Crippen molar-refractivity contribution in [1.82, 2.24) is 10.6 Å². The van der Waals surface area contributed by atoms with E-state index in [9.17, 15) is 4.21 Å². The van der Waals surface area contributed by atoms with Gasteiger partial charge >= 0.3 is 0 Å². The molecular formula is C18H28BrN3OS. The van der Waals surface area contributed by atoms with Gasteiger partial charge in [-0.3, -0.25) is 9.20 Å². The van der Waals surface area contributed by atoms with Crippen molar-refractivity contribution < 1.29 is 4.21 Å². The molecule has 134 valence electrons. The number of guanidine groups is 1.